The van der Waals surface area contributed by atoms with E-state index in [0.717, 1.165) is 4.43 Å². The number of hydrogen-bond acceptors (Lipinski definition) is 1. The van der Waals surface area contributed by atoms with Crippen molar-refractivity contribution in [1.82, 2.24) is 0 Å². The summed E-state index contributed by atoms with van der Waals surface area (Å²) in [7, 11) is 0. The Kier molecular flexibility index (Phi) is 4.31. The van der Waals surface area contributed by atoms with E-state index in [9.17, 15) is 0 Å². The molecule has 0 aliphatic rings. The maximum absolute atomic E-state index is 8.33. The molecule has 0 aromatic carbocycles. The molecule has 0 amide bonds. The van der Waals surface area contributed by atoms with Gasteiger partial charge >= 0.3 is 0 Å². The molecular formula is C4H9IO. The van der Waals surface area contributed by atoms with Crippen molar-refractivity contribution in [3.8, 4) is 0 Å². The summed E-state index contributed by atoms with van der Waals surface area (Å²) in [5.74, 6) is 0.477. The Morgan fingerprint density at radius 3 is 2.33 bits per heavy atom. The van der Waals surface area contributed by atoms with Crippen LogP contribution in [0.1, 0.15) is 6.92 Å². The summed E-state index contributed by atoms with van der Waals surface area (Å²) in [4.78, 5) is 0. The summed E-state index contributed by atoms with van der Waals surface area (Å²) >= 11 is 2.25. The molecule has 0 saturated carbocycles. The van der Waals surface area contributed by atoms with E-state index < -0.39 is 0 Å². The largest absolute Gasteiger partial charge is 0.396 e. The van der Waals surface area contributed by atoms with Crippen molar-refractivity contribution in [3.05, 3.63) is 0 Å². The molecule has 0 radical (unpaired) electrons. The van der Waals surface area contributed by atoms with Crippen molar-refractivity contribution in [2.75, 3.05) is 11.0 Å². The molecule has 0 fully saturated rings. The van der Waals surface area contributed by atoms with Crippen LogP contribution in [-0.2, 0) is 0 Å². The maximum Gasteiger partial charge on any atom is 0.0463 e. The van der Waals surface area contributed by atoms with Crippen molar-refractivity contribution < 1.29 is 5.11 Å². The summed E-state index contributed by atoms with van der Waals surface area (Å²) in [5.41, 5.74) is 0. The molecular weight excluding hydrogens is 191 g/mol. The average molecular weight is 200 g/mol. The molecule has 1 N–H and O–H groups in total. The third kappa shape index (κ3) is 2.90. The van der Waals surface area contributed by atoms with Gasteiger partial charge in [-0.2, -0.15) is 0 Å². The molecule has 1 atom stereocenters. The highest BCUT2D eigenvalue weighted by Crippen LogP contribution is 1.96. The summed E-state index contributed by atoms with van der Waals surface area (Å²) < 4.78 is 1.05. The first kappa shape index (κ1) is 6.69. The van der Waals surface area contributed by atoms with Crippen LogP contribution in [-0.4, -0.2) is 16.1 Å². The van der Waals surface area contributed by atoms with Crippen LogP contribution < -0.4 is 0 Å². The second-order valence-corrected chi connectivity index (χ2v) is 2.32. The standard InChI is InChI=1S/C4H9IO/c1-4(2-5)3-6/h4,6H,2-3H2,1H3. The van der Waals surface area contributed by atoms with Crippen molar-refractivity contribution >= 4 is 22.6 Å². The molecule has 0 spiro atoms. The normalized spacial score (nSPS) is 14.5. The highest BCUT2D eigenvalue weighted by molar-refractivity contribution is 14.1. The lowest BCUT2D eigenvalue weighted by molar-refractivity contribution is 0.252. The van der Waals surface area contributed by atoms with E-state index in [-0.39, 0.29) is 0 Å². The molecule has 2 heteroatoms. The van der Waals surface area contributed by atoms with Crippen molar-refractivity contribution in [1.29, 1.82) is 0 Å². The minimum Gasteiger partial charge on any atom is -0.396 e. The van der Waals surface area contributed by atoms with Gasteiger partial charge in [0.15, 0.2) is 0 Å². The zero-order valence-corrected chi connectivity index (χ0v) is 5.97. The highest BCUT2D eigenvalue weighted by atomic mass is 127. The molecule has 0 aromatic heterocycles. The van der Waals surface area contributed by atoms with Gasteiger partial charge in [0.05, 0.1) is 0 Å². The van der Waals surface area contributed by atoms with Gasteiger partial charge in [-0.05, 0) is 5.92 Å². The van der Waals surface area contributed by atoms with E-state index >= 15 is 0 Å². The van der Waals surface area contributed by atoms with Gasteiger partial charge in [0.1, 0.15) is 0 Å². The molecule has 0 aliphatic carbocycles. The lowest BCUT2D eigenvalue weighted by Crippen LogP contribution is -1.99. The predicted octanol–water partition coefficient (Wildman–Crippen LogP) is 1.05. The minimum atomic E-state index is 0.322. The van der Waals surface area contributed by atoms with Crippen LogP contribution >= 0.6 is 22.6 Å². The van der Waals surface area contributed by atoms with Crippen LogP contribution in [0.25, 0.3) is 0 Å². The summed E-state index contributed by atoms with van der Waals surface area (Å²) in [6.07, 6.45) is 0. The Morgan fingerprint density at radius 2 is 2.33 bits per heavy atom. The number of aliphatic hydroxyl groups excluding tert-OH is 1. The number of alkyl halides is 1. The smallest absolute Gasteiger partial charge is 0.0463 e. The fraction of sp³-hybridized carbons (Fsp3) is 1.00. The van der Waals surface area contributed by atoms with Gasteiger partial charge in [-0.3, -0.25) is 0 Å². The van der Waals surface area contributed by atoms with Crippen LogP contribution in [0.4, 0.5) is 0 Å². The van der Waals surface area contributed by atoms with Crippen LogP contribution in [0.2, 0.25) is 0 Å². The lowest BCUT2D eigenvalue weighted by Gasteiger charge is -1.96. The summed E-state index contributed by atoms with van der Waals surface area (Å²) in [6.45, 7) is 2.34. The average Bonchev–Trinajstić information content (AvgIpc) is 1.65. The Morgan fingerprint density at radius 1 is 1.83 bits per heavy atom. The Labute approximate surface area is 51.9 Å². The van der Waals surface area contributed by atoms with Gasteiger partial charge in [-0.1, -0.05) is 29.5 Å². The van der Waals surface area contributed by atoms with Crippen LogP contribution in [0.15, 0.2) is 0 Å². The Hall–Kier alpha value is 0.690. The van der Waals surface area contributed by atoms with E-state index in [0.29, 0.717) is 12.5 Å². The third-order valence-corrected chi connectivity index (χ3v) is 2.08. The molecule has 38 valence electrons. The Bertz CT molecular complexity index is 26.7. The van der Waals surface area contributed by atoms with Gasteiger partial charge in [0.2, 0.25) is 0 Å². The third-order valence-electron chi connectivity index (χ3n) is 0.575. The second-order valence-electron chi connectivity index (χ2n) is 1.44. The molecule has 6 heavy (non-hydrogen) atoms. The first-order valence-corrected chi connectivity index (χ1v) is 3.50. The van der Waals surface area contributed by atoms with Crippen LogP contribution in [0, 0.1) is 5.92 Å². The van der Waals surface area contributed by atoms with Crippen LogP contribution in [0.3, 0.4) is 0 Å². The Balaban J connectivity index is 2.75. The number of aliphatic hydroxyl groups is 1. The first-order valence-electron chi connectivity index (χ1n) is 1.98. The molecule has 0 heterocycles. The monoisotopic (exact) mass is 200 g/mol. The fourth-order valence-corrected chi connectivity index (χ4v) is 0.327. The van der Waals surface area contributed by atoms with E-state index in [4.69, 9.17) is 5.11 Å². The molecule has 1 unspecified atom stereocenters. The number of rotatable bonds is 2. The van der Waals surface area contributed by atoms with Crippen molar-refractivity contribution in [2.45, 2.75) is 6.92 Å². The lowest BCUT2D eigenvalue weighted by atomic mass is 10.2. The predicted molar refractivity (Wildman–Crippen MR) is 35.1 cm³/mol. The molecule has 0 saturated heterocycles. The summed E-state index contributed by atoms with van der Waals surface area (Å²) in [6, 6.07) is 0. The van der Waals surface area contributed by atoms with Gasteiger partial charge in [-0.25, -0.2) is 0 Å². The van der Waals surface area contributed by atoms with Gasteiger partial charge in [0, 0.05) is 11.0 Å². The van der Waals surface area contributed by atoms with Crippen molar-refractivity contribution in [3.63, 3.8) is 0 Å². The first-order chi connectivity index (χ1) is 2.81. The molecule has 0 aliphatic heterocycles. The topological polar surface area (TPSA) is 20.2 Å². The van der Waals surface area contributed by atoms with Crippen LogP contribution in [0.5, 0.6) is 0 Å². The molecule has 0 rings (SSSR count). The SMILES string of the molecule is CC(CO)CI. The van der Waals surface area contributed by atoms with E-state index in [1.165, 1.54) is 0 Å². The van der Waals surface area contributed by atoms with E-state index in [1.54, 1.807) is 0 Å². The van der Waals surface area contributed by atoms with Gasteiger partial charge < -0.3 is 5.11 Å². The quantitative estimate of drug-likeness (QED) is 0.521. The molecule has 0 bridgehead atoms. The fourth-order valence-electron chi connectivity index (χ4n) is 0.0488. The van der Waals surface area contributed by atoms with E-state index in [2.05, 4.69) is 22.6 Å². The zero-order valence-electron chi connectivity index (χ0n) is 3.82. The summed E-state index contributed by atoms with van der Waals surface area (Å²) in [5, 5.41) is 8.33. The zero-order chi connectivity index (χ0) is 4.99. The maximum atomic E-state index is 8.33. The second kappa shape index (κ2) is 3.87. The highest BCUT2D eigenvalue weighted by Gasteiger charge is 1.91. The minimum absolute atomic E-state index is 0.322. The van der Waals surface area contributed by atoms with Gasteiger partial charge in [-0.15, -0.1) is 0 Å². The van der Waals surface area contributed by atoms with Crippen molar-refractivity contribution in [2.24, 2.45) is 5.92 Å². The number of halogens is 1. The molecule has 0 aromatic rings. The number of hydrogen-bond donors (Lipinski definition) is 1. The van der Waals surface area contributed by atoms with Gasteiger partial charge in [0.25, 0.3) is 0 Å². The van der Waals surface area contributed by atoms with E-state index in [1.807, 2.05) is 6.92 Å². The molecule has 1 nitrogen and oxygen atoms in total.